The summed E-state index contributed by atoms with van der Waals surface area (Å²) >= 11 is 1.42. The standard InChI is InChI=1S/C29H35F2N3OS/c30-24-9-4-7-22(19-24)20-27-28(35)34(29(36-27)23-8-5-10-25(31)21-23)14-6-13-32-15-17-33(18-16-32)26-11-2-1-3-12-26/h4-5,7-10,19-21,26,29H,1-3,6,11-18H2. The van der Waals surface area contributed by atoms with E-state index in [1.165, 1.54) is 68.1 Å². The molecule has 36 heavy (non-hydrogen) atoms. The van der Waals surface area contributed by atoms with Crippen LogP contribution < -0.4 is 0 Å². The van der Waals surface area contributed by atoms with Crippen molar-refractivity contribution in [2.45, 2.75) is 49.9 Å². The highest BCUT2D eigenvalue weighted by molar-refractivity contribution is 8.04. The lowest BCUT2D eigenvalue weighted by atomic mass is 9.94. The van der Waals surface area contributed by atoms with Crippen molar-refractivity contribution in [3.8, 4) is 0 Å². The first-order chi connectivity index (χ1) is 17.6. The van der Waals surface area contributed by atoms with Crippen LogP contribution in [0.4, 0.5) is 8.78 Å². The predicted octanol–water partition coefficient (Wildman–Crippen LogP) is 5.92. The Kier molecular flexibility index (Phi) is 8.40. The molecule has 0 N–H and O–H groups in total. The van der Waals surface area contributed by atoms with Gasteiger partial charge < -0.3 is 9.80 Å². The van der Waals surface area contributed by atoms with Gasteiger partial charge in [-0.15, -0.1) is 0 Å². The summed E-state index contributed by atoms with van der Waals surface area (Å²) in [5.74, 6) is -0.707. The highest BCUT2D eigenvalue weighted by Crippen LogP contribution is 2.46. The van der Waals surface area contributed by atoms with Gasteiger partial charge in [0.25, 0.3) is 5.91 Å². The molecule has 2 aliphatic heterocycles. The quantitative estimate of drug-likeness (QED) is 0.431. The largest absolute Gasteiger partial charge is 0.322 e. The van der Waals surface area contributed by atoms with Crippen molar-refractivity contribution in [1.82, 2.24) is 14.7 Å². The summed E-state index contributed by atoms with van der Waals surface area (Å²) in [4.78, 5) is 21.0. The van der Waals surface area contributed by atoms with Gasteiger partial charge in [0, 0.05) is 38.8 Å². The van der Waals surface area contributed by atoms with Gasteiger partial charge in [0.1, 0.15) is 17.0 Å². The average Bonchev–Trinajstić information content (AvgIpc) is 3.20. The van der Waals surface area contributed by atoms with Crippen LogP contribution in [0.3, 0.4) is 0 Å². The average molecular weight is 512 g/mol. The second kappa shape index (κ2) is 11.9. The first-order valence-electron chi connectivity index (χ1n) is 13.2. The number of hydrogen-bond donors (Lipinski definition) is 0. The Morgan fingerprint density at radius 1 is 0.889 bits per heavy atom. The van der Waals surface area contributed by atoms with Gasteiger partial charge in [0.05, 0.1) is 4.91 Å². The van der Waals surface area contributed by atoms with Crippen LogP contribution in [-0.4, -0.2) is 65.9 Å². The third-order valence-electron chi connectivity index (χ3n) is 7.64. The number of nitrogens with zero attached hydrogens (tertiary/aromatic N) is 3. The van der Waals surface area contributed by atoms with Gasteiger partial charge in [-0.05, 0) is 67.3 Å². The molecule has 0 radical (unpaired) electrons. The van der Waals surface area contributed by atoms with E-state index in [9.17, 15) is 13.6 Å². The molecule has 2 saturated heterocycles. The molecule has 3 aliphatic rings. The maximum atomic E-state index is 14.0. The van der Waals surface area contributed by atoms with Gasteiger partial charge >= 0.3 is 0 Å². The lowest BCUT2D eigenvalue weighted by molar-refractivity contribution is -0.126. The molecule has 1 unspecified atom stereocenters. The molecule has 1 atom stereocenters. The molecule has 0 spiro atoms. The van der Waals surface area contributed by atoms with Crippen LogP contribution in [0.5, 0.6) is 0 Å². The molecule has 5 rings (SSSR count). The van der Waals surface area contributed by atoms with Gasteiger partial charge in [-0.2, -0.15) is 0 Å². The van der Waals surface area contributed by atoms with Gasteiger partial charge in [-0.1, -0.05) is 55.3 Å². The molecule has 0 bridgehead atoms. The predicted molar refractivity (Wildman–Crippen MR) is 142 cm³/mol. The highest BCUT2D eigenvalue weighted by atomic mass is 32.2. The van der Waals surface area contributed by atoms with Crippen molar-refractivity contribution < 1.29 is 13.6 Å². The minimum atomic E-state index is -0.332. The third kappa shape index (κ3) is 6.18. The normalized spacial score (nSPS) is 23.6. The Balaban J connectivity index is 1.22. The monoisotopic (exact) mass is 511 g/mol. The summed E-state index contributed by atoms with van der Waals surface area (Å²) in [7, 11) is 0. The molecule has 3 fully saturated rings. The molecule has 1 amide bonds. The van der Waals surface area contributed by atoms with Crippen LogP contribution in [0.15, 0.2) is 53.4 Å². The summed E-state index contributed by atoms with van der Waals surface area (Å²) in [6.07, 6.45) is 9.44. The minimum absolute atomic E-state index is 0.0689. The molecule has 7 heteroatoms. The second-order valence-electron chi connectivity index (χ2n) is 10.1. The summed E-state index contributed by atoms with van der Waals surface area (Å²) in [5, 5.41) is -0.281. The summed E-state index contributed by atoms with van der Waals surface area (Å²) < 4.78 is 27.7. The number of carbonyl (C=O) groups excluding carboxylic acids is 1. The molecule has 4 nitrogen and oxygen atoms in total. The van der Waals surface area contributed by atoms with Crippen molar-refractivity contribution >= 4 is 23.7 Å². The van der Waals surface area contributed by atoms with E-state index >= 15 is 0 Å². The molecule has 2 aromatic carbocycles. The third-order valence-corrected chi connectivity index (χ3v) is 8.94. The van der Waals surface area contributed by atoms with E-state index < -0.39 is 0 Å². The molecule has 192 valence electrons. The lowest BCUT2D eigenvalue weighted by Gasteiger charge is -2.41. The van der Waals surface area contributed by atoms with Crippen molar-refractivity contribution in [2.24, 2.45) is 0 Å². The topological polar surface area (TPSA) is 26.8 Å². The van der Waals surface area contributed by atoms with Crippen molar-refractivity contribution in [1.29, 1.82) is 0 Å². The molecule has 1 saturated carbocycles. The molecular weight excluding hydrogens is 476 g/mol. The molecule has 0 aromatic heterocycles. The van der Waals surface area contributed by atoms with E-state index in [1.54, 1.807) is 24.3 Å². The Morgan fingerprint density at radius 2 is 1.61 bits per heavy atom. The second-order valence-corrected chi connectivity index (χ2v) is 11.2. The fourth-order valence-electron chi connectivity index (χ4n) is 5.72. The van der Waals surface area contributed by atoms with Crippen LogP contribution >= 0.6 is 11.8 Å². The van der Waals surface area contributed by atoms with E-state index in [1.807, 2.05) is 11.0 Å². The van der Waals surface area contributed by atoms with E-state index in [2.05, 4.69) is 9.80 Å². The van der Waals surface area contributed by atoms with Crippen LogP contribution in [-0.2, 0) is 4.79 Å². The molecular formula is C29H35F2N3OS. The van der Waals surface area contributed by atoms with Crippen LogP contribution in [0.2, 0.25) is 0 Å². The zero-order valence-corrected chi connectivity index (χ0v) is 21.6. The Hall–Kier alpha value is -2.22. The van der Waals surface area contributed by atoms with Crippen LogP contribution in [0.25, 0.3) is 6.08 Å². The van der Waals surface area contributed by atoms with Crippen LogP contribution in [0.1, 0.15) is 55.0 Å². The molecule has 2 aromatic rings. The Bertz CT molecular complexity index is 1080. The number of hydrogen-bond acceptors (Lipinski definition) is 4. The van der Waals surface area contributed by atoms with Crippen LogP contribution in [0, 0.1) is 11.6 Å². The van der Waals surface area contributed by atoms with E-state index in [0.717, 1.165) is 50.7 Å². The van der Waals surface area contributed by atoms with E-state index in [-0.39, 0.29) is 22.9 Å². The molecule has 2 heterocycles. The fraction of sp³-hybridized carbons (Fsp3) is 0.483. The minimum Gasteiger partial charge on any atom is -0.322 e. The number of thioether (sulfide) groups is 1. The Morgan fingerprint density at radius 3 is 2.33 bits per heavy atom. The van der Waals surface area contributed by atoms with Gasteiger partial charge in [-0.3, -0.25) is 9.69 Å². The van der Waals surface area contributed by atoms with E-state index in [0.29, 0.717) is 17.0 Å². The number of carbonyl (C=O) groups is 1. The number of piperazine rings is 1. The van der Waals surface area contributed by atoms with Gasteiger partial charge in [-0.25, -0.2) is 8.78 Å². The van der Waals surface area contributed by atoms with Crippen molar-refractivity contribution in [2.75, 3.05) is 39.3 Å². The highest BCUT2D eigenvalue weighted by Gasteiger charge is 2.37. The summed E-state index contributed by atoms with van der Waals surface area (Å²) in [6.45, 7) is 5.99. The SMILES string of the molecule is O=C1C(=Cc2cccc(F)c2)SC(c2cccc(F)c2)N1CCCN1CCN(C2CCCCC2)CC1. The number of halogens is 2. The first-order valence-corrected chi connectivity index (χ1v) is 14.1. The van der Waals surface area contributed by atoms with Gasteiger partial charge in [0.2, 0.25) is 0 Å². The van der Waals surface area contributed by atoms with E-state index in [4.69, 9.17) is 0 Å². The number of rotatable bonds is 7. The number of benzene rings is 2. The molecule has 1 aliphatic carbocycles. The summed E-state index contributed by atoms with van der Waals surface area (Å²) in [6, 6.07) is 13.5. The van der Waals surface area contributed by atoms with Gasteiger partial charge in [0.15, 0.2) is 0 Å². The smallest absolute Gasteiger partial charge is 0.261 e. The lowest BCUT2D eigenvalue weighted by Crippen LogP contribution is -2.51. The zero-order chi connectivity index (χ0) is 24.9. The maximum Gasteiger partial charge on any atom is 0.261 e. The summed E-state index contributed by atoms with van der Waals surface area (Å²) in [5.41, 5.74) is 1.43. The van der Waals surface area contributed by atoms with Crippen molar-refractivity contribution in [3.63, 3.8) is 0 Å². The number of amides is 1. The fourth-order valence-corrected chi connectivity index (χ4v) is 6.99. The first kappa shape index (κ1) is 25.4. The maximum absolute atomic E-state index is 14.0. The van der Waals surface area contributed by atoms with Crippen molar-refractivity contribution in [3.05, 3.63) is 76.2 Å². The zero-order valence-electron chi connectivity index (χ0n) is 20.8. The Labute approximate surface area is 217 Å².